The maximum atomic E-state index is 11.7. The molecular formula is C14H14N2O5. The zero-order valence-electron chi connectivity index (χ0n) is 11.5. The Labute approximate surface area is 120 Å². The Bertz CT molecular complexity index is 724. The lowest BCUT2D eigenvalue weighted by Crippen LogP contribution is -2.13. The fraction of sp³-hybridized carbons (Fsp3) is 0.214. The monoisotopic (exact) mass is 290 g/mol. The fourth-order valence-electron chi connectivity index (χ4n) is 1.95. The van der Waals surface area contributed by atoms with E-state index in [4.69, 9.17) is 14.6 Å². The molecule has 0 aliphatic rings. The smallest absolute Gasteiger partial charge is 0.309 e. The number of methoxy groups -OCH3 is 2. The third-order valence-corrected chi connectivity index (χ3v) is 2.79. The van der Waals surface area contributed by atoms with E-state index in [1.54, 1.807) is 18.2 Å². The summed E-state index contributed by atoms with van der Waals surface area (Å²) in [7, 11) is 2.97. The van der Waals surface area contributed by atoms with Crippen LogP contribution in [-0.2, 0) is 11.2 Å². The van der Waals surface area contributed by atoms with Gasteiger partial charge in [-0.2, -0.15) is 0 Å². The molecular weight excluding hydrogens is 276 g/mol. The zero-order valence-corrected chi connectivity index (χ0v) is 11.5. The quantitative estimate of drug-likeness (QED) is 0.854. The van der Waals surface area contributed by atoms with Gasteiger partial charge in [-0.1, -0.05) is 6.07 Å². The van der Waals surface area contributed by atoms with Gasteiger partial charge in [-0.25, -0.2) is 4.98 Å². The van der Waals surface area contributed by atoms with Crippen molar-refractivity contribution in [2.75, 3.05) is 14.2 Å². The number of H-pyrrole nitrogens is 1. The molecule has 2 N–H and O–H groups in total. The molecule has 0 aliphatic heterocycles. The number of nitrogens with zero attached hydrogens (tertiary/aromatic N) is 1. The lowest BCUT2D eigenvalue weighted by Gasteiger charge is -2.12. The van der Waals surface area contributed by atoms with Crippen molar-refractivity contribution in [3.63, 3.8) is 0 Å². The molecule has 0 unspecified atom stereocenters. The standard InChI is InChI=1S/C14H14N2O5/c1-20-10-5-3-4-9(13(10)21-2)14-15-8(7-12(18)19)6-11(17)16-14/h3-6H,7H2,1-2H3,(H,18,19)(H,15,16,17). The largest absolute Gasteiger partial charge is 0.493 e. The minimum absolute atomic E-state index is 0.172. The number of rotatable bonds is 5. The number of aromatic nitrogens is 2. The Balaban J connectivity index is 2.59. The predicted octanol–water partition coefficient (Wildman–Crippen LogP) is 1.08. The van der Waals surface area contributed by atoms with Crippen LogP contribution in [0.15, 0.2) is 29.1 Å². The van der Waals surface area contributed by atoms with E-state index in [9.17, 15) is 9.59 Å². The van der Waals surface area contributed by atoms with Crippen LogP contribution in [-0.4, -0.2) is 35.3 Å². The van der Waals surface area contributed by atoms with E-state index in [2.05, 4.69) is 9.97 Å². The van der Waals surface area contributed by atoms with Gasteiger partial charge in [0, 0.05) is 6.07 Å². The molecule has 21 heavy (non-hydrogen) atoms. The van der Waals surface area contributed by atoms with Gasteiger partial charge in [0.1, 0.15) is 5.82 Å². The van der Waals surface area contributed by atoms with Crippen LogP contribution in [0.2, 0.25) is 0 Å². The van der Waals surface area contributed by atoms with Crippen molar-refractivity contribution in [3.8, 4) is 22.9 Å². The molecule has 1 aromatic carbocycles. The second kappa shape index (κ2) is 6.08. The van der Waals surface area contributed by atoms with E-state index in [0.717, 1.165) is 6.07 Å². The molecule has 0 saturated carbocycles. The molecule has 7 heteroatoms. The number of carbonyl (C=O) groups is 1. The summed E-state index contributed by atoms with van der Waals surface area (Å²) < 4.78 is 10.5. The summed E-state index contributed by atoms with van der Waals surface area (Å²) in [6.45, 7) is 0. The third-order valence-electron chi connectivity index (χ3n) is 2.79. The molecule has 110 valence electrons. The van der Waals surface area contributed by atoms with Gasteiger partial charge in [0.2, 0.25) is 0 Å². The summed E-state index contributed by atoms with van der Waals surface area (Å²) in [5.74, 6) is 0.0723. The summed E-state index contributed by atoms with van der Waals surface area (Å²) in [6.07, 6.45) is -0.330. The number of carboxylic acid groups (broad SMARTS) is 1. The molecule has 0 amide bonds. The molecule has 0 spiro atoms. The Morgan fingerprint density at radius 1 is 1.33 bits per heavy atom. The van der Waals surface area contributed by atoms with Crippen molar-refractivity contribution in [2.24, 2.45) is 0 Å². The molecule has 1 aromatic heterocycles. The van der Waals surface area contributed by atoms with Crippen LogP contribution in [0.3, 0.4) is 0 Å². The highest BCUT2D eigenvalue weighted by Crippen LogP contribution is 2.35. The Morgan fingerprint density at radius 2 is 2.10 bits per heavy atom. The molecule has 0 atom stereocenters. The third kappa shape index (κ3) is 3.19. The Morgan fingerprint density at radius 3 is 2.71 bits per heavy atom. The maximum Gasteiger partial charge on any atom is 0.309 e. The van der Waals surface area contributed by atoms with Crippen molar-refractivity contribution in [1.82, 2.24) is 9.97 Å². The highest BCUT2D eigenvalue weighted by molar-refractivity contribution is 5.71. The van der Waals surface area contributed by atoms with Gasteiger partial charge in [-0.15, -0.1) is 0 Å². The lowest BCUT2D eigenvalue weighted by molar-refractivity contribution is -0.136. The van der Waals surface area contributed by atoms with Crippen molar-refractivity contribution in [2.45, 2.75) is 6.42 Å². The van der Waals surface area contributed by atoms with Crippen molar-refractivity contribution < 1.29 is 19.4 Å². The van der Waals surface area contributed by atoms with Crippen LogP contribution in [0.1, 0.15) is 5.69 Å². The molecule has 0 fully saturated rings. The summed E-state index contributed by atoms with van der Waals surface area (Å²) in [6, 6.07) is 6.29. The van der Waals surface area contributed by atoms with Gasteiger partial charge in [-0.3, -0.25) is 9.59 Å². The maximum absolute atomic E-state index is 11.7. The van der Waals surface area contributed by atoms with Gasteiger partial charge in [0.15, 0.2) is 11.5 Å². The lowest BCUT2D eigenvalue weighted by atomic mass is 10.1. The second-order valence-electron chi connectivity index (χ2n) is 4.20. The van der Waals surface area contributed by atoms with Gasteiger partial charge in [0.25, 0.3) is 5.56 Å². The van der Waals surface area contributed by atoms with E-state index >= 15 is 0 Å². The molecule has 0 bridgehead atoms. The predicted molar refractivity (Wildman–Crippen MR) is 74.7 cm³/mol. The van der Waals surface area contributed by atoms with E-state index in [1.807, 2.05) is 0 Å². The van der Waals surface area contributed by atoms with E-state index in [1.165, 1.54) is 14.2 Å². The van der Waals surface area contributed by atoms with Gasteiger partial charge < -0.3 is 19.6 Å². The summed E-state index contributed by atoms with van der Waals surface area (Å²) >= 11 is 0. The first-order valence-electron chi connectivity index (χ1n) is 6.08. The van der Waals surface area contributed by atoms with Crippen LogP contribution in [0.25, 0.3) is 11.4 Å². The number of aliphatic carboxylic acids is 1. The summed E-state index contributed by atoms with van der Waals surface area (Å²) in [5, 5.41) is 8.81. The van der Waals surface area contributed by atoms with Gasteiger partial charge in [-0.05, 0) is 12.1 Å². The average Bonchev–Trinajstić information content (AvgIpc) is 2.44. The zero-order chi connectivity index (χ0) is 15.4. The first kappa shape index (κ1) is 14.6. The van der Waals surface area contributed by atoms with Crippen molar-refractivity contribution in [3.05, 3.63) is 40.3 Å². The highest BCUT2D eigenvalue weighted by Gasteiger charge is 2.14. The Kier molecular flexibility index (Phi) is 4.22. The molecule has 0 aliphatic carbocycles. The van der Waals surface area contributed by atoms with Crippen LogP contribution in [0, 0.1) is 0 Å². The summed E-state index contributed by atoms with van der Waals surface area (Å²) in [4.78, 5) is 29.1. The minimum Gasteiger partial charge on any atom is -0.493 e. The first-order valence-corrected chi connectivity index (χ1v) is 6.08. The molecule has 2 aromatic rings. The minimum atomic E-state index is -1.06. The average molecular weight is 290 g/mol. The number of para-hydroxylation sites is 1. The molecule has 7 nitrogen and oxygen atoms in total. The molecule has 1 heterocycles. The van der Waals surface area contributed by atoms with Crippen LogP contribution in [0.4, 0.5) is 0 Å². The number of ether oxygens (including phenoxy) is 2. The topological polar surface area (TPSA) is 102 Å². The molecule has 0 radical (unpaired) electrons. The normalized spacial score (nSPS) is 10.2. The van der Waals surface area contributed by atoms with Crippen LogP contribution in [0.5, 0.6) is 11.5 Å². The van der Waals surface area contributed by atoms with E-state index < -0.39 is 11.5 Å². The molecule has 0 saturated heterocycles. The van der Waals surface area contributed by atoms with E-state index in [-0.39, 0.29) is 17.9 Å². The SMILES string of the molecule is COc1cccc(-c2nc(CC(=O)O)cc(=O)[nH]2)c1OC. The Hall–Kier alpha value is -2.83. The van der Waals surface area contributed by atoms with Crippen molar-refractivity contribution in [1.29, 1.82) is 0 Å². The number of hydrogen-bond donors (Lipinski definition) is 2. The fourth-order valence-corrected chi connectivity index (χ4v) is 1.95. The number of benzene rings is 1. The molecule has 2 rings (SSSR count). The number of hydrogen-bond acceptors (Lipinski definition) is 5. The van der Waals surface area contributed by atoms with Crippen LogP contribution >= 0.6 is 0 Å². The summed E-state index contributed by atoms with van der Waals surface area (Å²) in [5.41, 5.74) is 0.258. The number of nitrogens with one attached hydrogen (secondary N) is 1. The van der Waals surface area contributed by atoms with Crippen LogP contribution < -0.4 is 15.0 Å². The van der Waals surface area contributed by atoms with Crippen molar-refractivity contribution >= 4 is 5.97 Å². The van der Waals surface area contributed by atoms with Gasteiger partial charge >= 0.3 is 5.97 Å². The number of aromatic amines is 1. The number of carboxylic acids is 1. The first-order chi connectivity index (χ1) is 10.0. The second-order valence-corrected chi connectivity index (χ2v) is 4.20. The van der Waals surface area contributed by atoms with E-state index in [0.29, 0.717) is 17.1 Å². The van der Waals surface area contributed by atoms with Gasteiger partial charge in [0.05, 0.1) is 31.9 Å². The highest BCUT2D eigenvalue weighted by atomic mass is 16.5.